The van der Waals surface area contributed by atoms with Gasteiger partial charge in [0.25, 0.3) is 17.7 Å². The average molecular weight is 398 g/mol. The summed E-state index contributed by atoms with van der Waals surface area (Å²) in [5.41, 5.74) is 0.383. The molecule has 2 aromatic carbocycles. The molecule has 29 heavy (non-hydrogen) atoms. The van der Waals surface area contributed by atoms with Gasteiger partial charge in [-0.1, -0.05) is 32.9 Å². The second-order valence-electron chi connectivity index (χ2n) is 8.06. The summed E-state index contributed by atoms with van der Waals surface area (Å²) >= 11 is 0. The van der Waals surface area contributed by atoms with Gasteiger partial charge in [0.2, 0.25) is 0 Å². The van der Waals surface area contributed by atoms with Crippen LogP contribution in [0.3, 0.4) is 0 Å². The first-order chi connectivity index (χ1) is 13.6. The molecule has 0 fully saturated rings. The van der Waals surface area contributed by atoms with Gasteiger partial charge in [-0.2, -0.15) is 0 Å². The minimum absolute atomic E-state index is 0.0707. The number of rotatable bonds is 5. The van der Waals surface area contributed by atoms with Crippen molar-refractivity contribution in [2.75, 3.05) is 13.7 Å². The van der Waals surface area contributed by atoms with Crippen LogP contribution in [0.25, 0.3) is 0 Å². The summed E-state index contributed by atoms with van der Waals surface area (Å²) in [6.45, 7) is 5.87. The van der Waals surface area contributed by atoms with Crippen molar-refractivity contribution in [2.45, 2.75) is 26.8 Å². The second-order valence-corrected chi connectivity index (χ2v) is 8.06. The van der Waals surface area contributed by atoms with Gasteiger partial charge in [-0.3, -0.25) is 19.3 Å². The normalized spacial score (nSPS) is 14.6. The Hall–Kier alpha value is -3.22. The number of hydrogen-bond donors (Lipinski definition) is 1. The van der Waals surface area contributed by atoms with E-state index in [4.69, 9.17) is 4.74 Å². The van der Waals surface area contributed by atoms with Crippen molar-refractivity contribution in [3.05, 3.63) is 65.0 Å². The number of fused-ring (bicyclic) bond motifs is 1. The Balaban J connectivity index is 1.77. The van der Waals surface area contributed by atoms with E-state index in [0.717, 1.165) is 4.90 Å². The van der Waals surface area contributed by atoms with Gasteiger partial charge >= 0.3 is 0 Å². The van der Waals surface area contributed by atoms with Gasteiger partial charge in [-0.15, -0.1) is 0 Å². The van der Waals surface area contributed by atoms with E-state index in [2.05, 4.69) is 5.32 Å². The van der Waals surface area contributed by atoms with Crippen LogP contribution in [-0.2, 0) is 0 Å². The molecule has 0 radical (unpaired) electrons. The summed E-state index contributed by atoms with van der Waals surface area (Å²) < 4.78 is 19.4. The summed E-state index contributed by atoms with van der Waals surface area (Å²) in [4.78, 5) is 38.0. The number of carbonyl (C=O) groups excluding carboxylic acids is 3. The Morgan fingerprint density at radius 1 is 1.10 bits per heavy atom. The van der Waals surface area contributed by atoms with E-state index in [1.54, 1.807) is 12.1 Å². The molecule has 3 amide bonds. The summed E-state index contributed by atoms with van der Waals surface area (Å²) in [5, 5.41) is 2.90. The lowest BCUT2D eigenvalue weighted by molar-refractivity contribution is 0.0693. The summed E-state index contributed by atoms with van der Waals surface area (Å²) in [6.07, 6.45) is 0. The molecule has 1 aliphatic heterocycles. The largest absolute Gasteiger partial charge is 0.488 e. The lowest BCUT2D eigenvalue weighted by atomic mass is 9.87. The quantitative estimate of drug-likeness (QED) is 0.785. The van der Waals surface area contributed by atoms with Crippen LogP contribution in [0, 0.1) is 11.2 Å². The predicted molar refractivity (Wildman–Crippen MR) is 105 cm³/mol. The third-order valence-corrected chi connectivity index (χ3v) is 4.94. The fraction of sp³-hybridized carbons (Fsp3) is 0.318. The highest BCUT2D eigenvalue weighted by Crippen LogP contribution is 2.25. The van der Waals surface area contributed by atoms with E-state index >= 15 is 0 Å². The zero-order valence-corrected chi connectivity index (χ0v) is 16.8. The number of hydrogen-bond acceptors (Lipinski definition) is 4. The van der Waals surface area contributed by atoms with Gasteiger partial charge in [0.05, 0.1) is 17.2 Å². The van der Waals surface area contributed by atoms with Gasteiger partial charge in [-0.25, -0.2) is 4.39 Å². The molecule has 7 heteroatoms. The van der Waals surface area contributed by atoms with Crippen LogP contribution >= 0.6 is 0 Å². The van der Waals surface area contributed by atoms with E-state index in [1.807, 2.05) is 20.8 Å². The maximum atomic E-state index is 13.8. The molecule has 0 bridgehead atoms. The predicted octanol–water partition coefficient (Wildman–Crippen LogP) is 3.28. The molecule has 2 aromatic rings. The molecule has 1 unspecified atom stereocenters. The third kappa shape index (κ3) is 4.13. The fourth-order valence-electron chi connectivity index (χ4n) is 2.99. The molecule has 0 spiro atoms. The number of imide groups is 1. The number of amides is 3. The van der Waals surface area contributed by atoms with E-state index in [-0.39, 0.29) is 40.4 Å². The number of halogens is 1. The second kappa shape index (κ2) is 7.66. The highest BCUT2D eigenvalue weighted by Gasteiger charge is 2.34. The molecule has 6 nitrogen and oxygen atoms in total. The third-order valence-electron chi connectivity index (χ3n) is 4.94. The smallest absolute Gasteiger partial charge is 0.261 e. The molecule has 152 valence electrons. The maximum absolute atomic E-state index is 13.8. The summed E-state index contributed by atoms with van der Waals surface area (Å²) in [5.74, 6) is -1.59. The Morgan fingerprint density at radius 3 is 2.41 bits per heavy atom. The number of nitrogens with one attached hydrogen (secondary N) is 1. The molecule has 0 aliphatic carbocycles. The van der Waals surface area contributed by atoms with Gasteiger partial charge in [0.15, 0.2) is 11.6 Å². The van der Waals surface area contributed by atoms with Crippen molar-refractivity contribution in [2.24, 2.45) is 5.41 Å². The molecule has 1 heterocycles. The highest BCUT2D eigenvalue weighted by molar-refractivity contribution is 6.21. The molecule has 1 N–H and O–H groups in total. The molecule has 0 saturated heterocycles. The number of benzene rings is 2. The Kier molecular flexibility index (Phi) is 5.42. The Bertz CT molecular complexity index is 981. The van der Waals surface area contributed by atoms with Gasteiger partial charge < -0.3 is 10.1 Å². The number of nitrogens with zero attached hydrogens (tertiary/aromatic N) is 1. The first-order valence-electron chi connectivity index (χ1n) is 9.24. The molecule has 0 saturated carbocycles. The van der Waals surface area contributed by atoms with E-state index in [0.29, 0.717) is 0 Å². The van der Waals surface area contributed by atoms with Crippen molar-refractivity contribution in [1.29, 1.82) is 0 Å². The minimum Gasteiger partial charge on any atom is -0.488 e. The lowest BCUT2D eigenvalue weighted by Gasteiger charge is -2.31. The van der Waals surface area contributed by atoms with Crippen LogP contribution in [0.15, 0.2) is 42.5 Å². The summed E-state index contributed by atoms with van der Waals surface area (Å²) in [7, 11) is 1.40. The maximum Gasteiger partial charge on any atom is 0.261 e. The molecular formula is C22H23FN2O4. The van der Waals surface area contributed by atoms with Gasteiger partial charge in [0.1, 0.15) is 6.61 Å². The first kappa shape index (κ1) is 20.5. The lowest BCUT2D eigenvalue weighted by Crippen LogP contribution is -2.47. The first-order valence-corrected chi connectivity index (χ1v) is 9.24. The van der Waals surface area contributed by atoms with Crippen LogP contribution in [0.1, 0.15) is 51.8 Å². The van der Waals surface area contributed by atoms with Crippen LogP contribution in [0.4, 0.5) is 4.39 Å². The zero-order chi connectivity index (χ0) is 21.3. The highest BCUT2D eigenvalue weighted by atomic mass is 19.1. The van der Waals surface area contributed by atoms with Crippen molar-refractivity contribution in [3.63, 3.8) is 0 Å². The van der Waals surface area contributed by atoms with E-state index in [9.17, 15) is 18.8 Å². The zero-order valence-electron chi connectivity index (χ0n) is 16.8. The van der Waals surface area contributed by atoms with Crippen LogP contribution in [0.2, 0.25) is 0 Å². The van der Waals surface area contributed by atoms with Crippen molar-refractivity contribution < 1.29 is 23.5 Å². The Labute approximate surface area is 168 Å². The minimum atomic E-state index is -0.475. The standard InChI is InChI=1S/C22H23FN2O4/c1-22(2,3)18(12-29-17-8-6-5-7-16(17)23)24-19(26)13-9-10-14-15(11-13)21(28)25(4)20(14)27/h5-11,18H,12H2,1-4H3,(H,24,26). The van der Waals surface area contributed by atoms with Crippen molar-refractivity contribution in [1.82, 2.24) is 10.2 Å². The SMILES string of the molecule is CN1C(=O)c2ccc(C(=O)NC(COc3ccccc3F)C(C)(C)C)cc2C1=O. The fourth-order valence-corrected chi connectivity index (χ4v) is 2.99. The van der Waals surface area contributed by atoms with E-state index in [1.165, 1.54) is 37.4 Å². The van der Waals surface area contributed by atoms with Crippen LogP contribution in [0.5, 0.6) is 5.75 Å². The number of ether oxygens (including phenoxy) is 1. The number of para-hydroxylation sites is 1. The topological polar surface area (TPSA) is 75.7 Å². The van der Waals surface area contributed by atoms with Gasteiger partial charge in [-0.05, 0) is 35.7 Å². The molecular weight excluding hydrogens is 375 g/mol. The van der Waals surface area contributed by atoms with Crippen molar-refractivity contribution in [3.8, 4) is 5.75 Å². The molecule has 1 atom stereocenters. The monoisotopic (exact) mass is 398 g/mol. The number of carbonyl (C=O) groups is 3. The Morgan fingerprint density at radius 2 is 1.76 bits per heavy atom. The summed E-state index contributed by atoms with van der Waals surface area (Å²) in [6, 6.07) is 10.1. The molecule has 3 rings (SSSR count). The molecule has 1 aliphatic rings. The molecule has 0 aromatic heterocycles. The van der Waals surface area contributed by atoms with Crippen molar-refractivity contribution >= 4 is 17.7 Å². The van der Waals surface area contributed by atoms with Gasteiger partial charge in [0, 0.05) is 12.6 Å². The van der Waals surface area contributed by atoms with E-state index < -0.39 is 23.7 Å². The average Bonchev–Trinajstić information content (AvgIpc) is 2.89. The van der Waals surface area contributed by atoms with Crippen LogP contribution in [-0.4, -0.2) is 42.3 Å². The van der Waals surface area contributed by atoms with Crippen LogP contribution < -0.4 is 10.1 Å².